The summed E-state index contributed by atoms with van der Waals surface area (Å²) in [5.74, 6) is 1.35. The lowest BCUT2D eigenvalue weighted by Crippen LogP contribution is -2.39. The molecule has 2 heterocycles. The maximum atomic E-state index is 6.18. The van der Waals surface area contributed by atoms with Crippen molar-refractivity contribution in [1.82, 2.24) is 20.2 Å². The summed E-state index contributed by atoms with van der Waals surface area (Å²) < 4.78 is 0. The number of benzene rings is 2. The van der Waals surface area contributed by atoms with Crippen LogP contribution in [-0.4, -0.2) is 40.3 Å². The quantitative estimate of drug-likeness (QED) is 0.220. The summed E-state index contributed by atoms with van der Waals surface area (Å²) in [5, 5.41) is 5.53. The van der Waals surface area contributed by atoms with Gasteiger partial charge in [-0.2, -0.15) is 0 Å². The van der Waals surface area contributed by atoms with E-state index in [0.29, 0.717) is 16.0 Å². The van der Waals surface area contributed by atoms with Crippen molar-refractivity contribution in [2.75, 3.05) is 25.4 Å². The van der Waals surface area contributed by atoms with Crippen LogP contribution < -0.4 is 5.32 Å². The predicted molar refractivity (Wildman–Crippen MR) is 156 cm³/mol. The van der Waals surface area contributed by atoms with Gasteiger partial charge in [-0.25, -0.2) is 9.97 Å². The number of likely N-dealkylation sites (tertiary alicyclic amines) is 1. The summed E-state index contributed by atoms with van der Waals surface area (Å²) >= 11 is 13.8. The number of piperidine rings is 1. The predicted octanol–water partition coefficient (Wildman–Crippen LogP) is 7.89. The van der Waals surface area contributed by atoms with Crippen molar-refractivity contribution in [3.05, 3.63) is 88.3 Å². The highest BCUT2D eigenvalue weighted by Crippen LogP contribution is 2.25. The molecule has 1 aliphatic heterocycles. The molecule has 1 unspecified atom stereocenters. The fourth-order valence-electron chi connectivity index (χ4n) is 4.13. The molecule has 0 amide bonds. The second-order valence-corrected chi connectivity index (χ2v) is 10.6. The summed E-state index contributed by atoms with van der Waals surface area (Å²) in [6.07, 6.45) is 6.21. The molecule has 3 aromatic rings. The Bertz CT molecular complexity index is 1100. The van der Waals surface area contributed by atoms with E-state index < -0.39 is 0 Å². The molecule has 0 aliphatic carbocycles. The molecule has 0 spiro atoms. The smallest absolute Gasteiger partial charge is 0.187 e. The monoisotopic (exact) mass is 542 g/mol. The van der Waals surface area contributed by atoms with Crippen molar-refractivity contribution in [2.45, 2.75) is 45.3 Å². The third-order valence-electron chi connectivity index (χ3n) is 6.02. The van der Waals surface area contributed by atoms with Crippen LogP contribution in [0.4, 0.5) is 0 Å². The number of hydrogen-bond donors (Lipinski definition) is 1. The van der Waals surface area contributed by atoms with Crippen molar-refractivity contribution in [3.63, 3.8) is 0 Å². The lowest BCUT2D eigenvalue weighted by molar-refractivity contribution is 0.167. The van der Waals surface area contributed by atoms with E-state index in [9.17, 15) is 0 Å². The van der Waals surface area contributed by atoms with Gasteiger partial charge in [0.1, 0.15) is 0 Å². The van der Waals surface area contributed by atoms with Gasteiger partial charge in [0.15, 0.2) is 5.16 Å². The molecule has 4 rings (SSSR count). The van der Waals surface area contributed by atoms with E-state index in [1.54, 1.807) is 11.8 Å². The molecular weight excluding hydrogens is 507 g/mol. The molecule has 2 aromatic carbocycles. The first kappa shape index (κ1) is 28.5. The summed E-state index contributed by atoms with van der Waals surface area (Å²) in [7, 11) is 0. The van der Waals surface area contributed by atoms with Gasteiger partial charge >= 0.3 is 0 Å². The molecule has 1 fully saturated rings. The van der Waals surface area contributed by atoms with Gasteiger partial charge in [-0.3, -0.25) is 4.90 Å². The van der Waals surface area contributed by atoms with E-state index in [2.05, 4.69) is 64.0 Å². The molecule has 7 heteroatoms. The Morgan fingerprint density at radius 1 is 1.06 bits per heavy atom. The Morgan fingerprint density at radius 3 is 2.47 bits per heavy atom. The third kappa shape index (κ3) is 8.81. The maximum absolute atomic E-state index is 6.18. The average Bonchev–Trinajstić information content (AvgIpc) is 2.90. The maximum Gasteiger partial charge on any atom is 0.187 e. The highest BCUT2D eigenvalue weighted by molar-refractivity contribution is 7.99. The van der Waals surface area contributed by atoms with Crippen molar-refractivity contribution in [2.24, 2.45) is 5.92 Å². The summed E-state index contributed by atoms with van der Waals surface area (Å²) in [4.78, 5) is 11.5. The third-order valence-corrected chi connectivity index (χ3v) is 7.72. The number of aromatic nitrogens is 2. The fraction of sp³-hybridized carbons (Fsp3) is 0.379. The SMILES string of the molecule is C=C(CSc1ncc(-c2ccc(C)cc2)cn1)NCC1CCCN(Cc2ccc(Cl)c(Cl)c2)C1.CC. The number of rotatable bonds is 9. The van der Waals surface area contributed by atoms with Crippen LogP contribution in [0.15, 0.2) is 72.3 Å². The van der Waals surface area contributed by atoms with E-state index in [-0.39, 0.29) is 0 Å². The second kappa shape index (κ2) is 14.6. The molecule has 36 heavy (non-hydrogen) atoms. The summed E-state index contributed by atoms with van der Waals surface area (Å²) in [6, 6.07) is 14.3. The highest BCUT2D eigenvalue weighted by Gasteiger charge is 2.20. The zero-order chi connectivity index (χ0) is 25.9. The second-order valence-electron chi connectivity index (χ2n) is 8.89. The van der Waals surface area contributed by atoms with Crippen molar-refractivity contribution < 1.29 is 0 Å². The first-order chi connectivity index (χ1) is 17.5. The molecule has 1 aromatic heterocycles. The molecule has 0 bridgehead atoms. The lowest BCUT2D eigenvalue weighted by Gasteiger charge is -2.33. The van der Waals surface area contributed by atoms with Gasteiger partial charge in [0.2, 0.25) is 0 Å². The number of halogens is 2. The average molecular weight is 544 g/mol. The van der Waals surface area contributed by atoms with E-state index in [0.717, 1.165) is 53.9 Å². The van der Waals surface area contributed by atoms with Crippen LogP contribution in [-0.2, 0) is 6.54 Å². The van der Waals surface area contributed by atoms with Crippen LogP contribution in [0.1, 0.15) is 37.8 Å². The number of hydrogen-bond acceptors (Lipinski definition) is 5. The fourth-order valence-corrected chi connectivity index (χ4v) is 5.12. The summed E-state index contributed by atoms with van der Waals surface area (Å²) in [6.45, 7) is 14.3. The molecule has 192 valence electrons. The van der Waals surface area contributed by atoms with E-state index in [1.807, 2.05) is 38.4 Å². The van der Waals surface area contributed by atoms with Crippen LogP contribution in [0.25, 0.3) is 11.1 Å². The van der Waals surface area contributed by atoms with Crippen molar-refractivity contribution in [3.8, 4) is 11.1 Å². The topological polar surface area (TPSA) is 41.1 Å². The van der Waals surface area contributed by atoms with Crippen molar-refractivity contribution in [1.29, 1.82) is 0 Å². The molecule has 1 aliphatic rings. The van der Waals surface area contributed by atoms with Crippen LogP contribution in [0.2, 0.25) is 10.0 Å². The van der Waals surface area contributed by atoms with Crippen LogP contribution in [0, 0.1) is 12.8 Å². The minimum atomic E-state index is 0.600. The van der Waals surface area contributed by atoms with E-state index in [4.69, 9.17) is 23.2 Å². The van der Waals surface area contributed by atoms with E-state index >= 15 is 0 Å². The number of nitrogens with one attached hydrogen (secondary N) is 1. The van der Waals surface area contributed by atoms with Gasteiger partial charge in [-0.05, 0) is 55.5 Å². The van der Waals surface area contributed by atoms with E-state index in [1.165, 1.54) is 24.0 Å². The minimum Gasteiger partial charge on any atom is -0.388 e. The van der Waals surface area contributed by atoms with Crippen LogP contribution in [0.3, 0.4) is 0 Å². The van der Waals surface area contributed by atoms with Gasteiger partial charge in [-0.15, -0.1) is 0 Å². The first-order valence-corrected chi connectivity index (χ1v) is 14.3. The Morgan fingerprint density at radius 2 is 1.78 bits per heavy atom. The molecule has 4 nitrogen and oxygen atoms in total. The summed E-state index contributed by atoms with van der Waals surface area (Å²) in [5.41, 5.74) is 5.63. The van der Waals surface area contributed by atoms with Gasteiger partial charge < -0.3 is 5.32 Å². The zero-order valence-corrected chi connectivity index (χ0v) is 23.8. The zero-order valence-electron chi connectivity index (χ0n) is 21.4. The Kier molecular flexibility index (Phi) is 11.6. The molecule has 1 N–H and O–H groups in total. The molecular formula is C29H36Cl2N4S. The van der Waals surface area contributed by atoms with Gasteiger partial charge in [-0.1, -0.05) is 91.3 Å². The highest BCUT2D eigenvalue weighted by atomic mass is 35.5. The van der Waals surface area contributed by atoms with Crippen LogP contribution >= 0.6 is 35.0 Å². The molecule has 1 saturated heterocycles. The number of thioether (sulfide) groups is 1. The molecule has 0 saturated carbocycles. The first-order valence-electron chi connectivity index (χ1n) is 12.6. The largest absolute Gasteiger partial charge is 0.388 e. The van der Waals surface area contributed by atoms with Crippen LogP contribution in [0.5, 0.6) is 0 Å². The number of nitrogens with zero attached hydrogens (tertiary/aromatic N) is 3. The Labute approximate surface area is 230 Å². The Hall–Kier alpha value is -2.05. The number of aryl methyl sites for hydroxylation is 1. The normalized spacial score (nSPS) is 15.6. The Balaban J connectivity index is 0.00000176. The minimum absolute atomic E-state index is 0.600. The van der Waals surface area contributed by atoms with Gasteiger partial charge in [0, 0.05) is 49.0 Å². The molecule has 0 radical (unpaired) electrons. The standard InChI is InChI=1S/C27H30Cl2N4S.C2H6/c1-19-5-8-23(9-6-19)24-14-31-27(32-15-24)34-18-20(2)30-13-22-4-3-11-33(17-22)16-21-7-10-25(28)26(29)12-21;1-2/h5-10,12,14-15,22,30H,2-4,11,13,16-18H2,1H3;1-2H3. The lowest BCUT2D eigenvalue weighted by atomic mass is 9.97. The molecule has 1 atom stereocenters. The van der Waals surface area contributed by atoms with Gasteiger partial charge in [0.05, 0.1) is 10.0 Å². The van der Waals surface area contributed by atoms with Crippen molar-refractivity contribution >= 4 is 35.0 Å². The van der Waals surface area contributed by atoms with Gasteiger partial charge in [0.25, 0.3) is 0 Å².